The van der Waals surface area contributed by atoms with Gasteiger partial charge in [-0.2, -0.15) is 0 Å². The van der Waals surface area contributed by atoms with E-state index in [1.807, 2.05) is 6.92 Å². The van der Waals surface area contributed by atoms with Crippen molar-refractivity contribution in [3.63, 3.8) is 0 Å². The maximum Gasteiger partial charge on any atom is 0.186 e. The van der Waals surface area contributed by atoms with Crippen molar-refractivity contribution in [1.29, 1.82) is 0 Å². The van der Waals surface area contributed by atoms with Crippen LogP contribution in [0.2, 0.25) is 10.0 Å². The minimum absolute atomic E-state index is 0.101. The third kappa shape index (κ3) is 6.16. The molecule has 0 bridgehead atoms. The third-order valence-corrected chi connectivity index (χ3v) is 7.03. The number of sulfone groups is 1. The summed E-state index contributed by atoms with van der Waals surface area (Å²) >= 11 is 12.0. The Hall–Kier alpha value is -2.73. The van der Waals surface area contributed by atoms with Crippen LogP contribution in [-0.2, 0) is 21.1 Å². The SMILES string of the molecule is Cc1ccc(S(=O)(=O)CC(=O)Cc2ccccc2C(=O)/C=C/c2ccc(Cl)cc2Cl)cc1. The second-order valence-electron chi connectivity index (χ2n) is 7.31. The standard InChI is InChI=1S/C25H20Cl2O4S/c1-17-6-11-22(12-7-17)32(30,31)16-21(28)14-19-4-2-3-5-23(19)25(29)13-9-18-8-10-20(26)15-24(18)27/h2-13,15H,14,16H2,1H3/b13-9+. The van der Waals surface area contributed by atoms with E-state index in [1.54, 1.807) is 60.7 Å². The molecule has 0 aliphatic carbocycles. The normalized spacial score (nSPS) is 11.6. The van der Waals surface area contributed by atoms with E-state index < -0.39 is 21.4 Å². The van der Waals surface area contributed by atoms with Gasteiger partial charge in [-0.05, 0) is 54.5 Å². The lowest BCUT2D eigenvalue weighted by molar-refractivity contribution is -0.116. The molecule has 3 aromatic rings. The molecule has 0 aliphatic heterocycles. The average Bonchev–Trinajstić information content (AvgIpc) is 2.73. The van der Waals surface area contributed by atoms with E-state index in [0.717, 1.165) is 5.56 Å². The second kappa shape index (κ2) is 10.3. The minimum atomic E-state index is -3.76. The molecule has 0 heterocycles. The average molecular weight is 487 g/mol. The molecule has 0 radical (unpaired) electrons. The molecule has 0 fully saturated rings. The Bertz CT molecular complexity index is 1290. The van der Waals surface area contributed by atoms with Gasteiger partial charge in [0.1, 0.15) is 5.75 Å². The Balaban J connectivity index is 1.76. The fourth-order valence-corrected chi connectivity index (χ4v) is 4.83. The van der Waals surface area contributed by atoms with Crippen molar-refractivity contribution in [1.82, 2.24) is 0 Å². The lowest BCUT2D eigenvalue weighted by Crippen LogP contribution is -2.19. The van der Waals surface area contributed by atoms with E-state index in [2.05, 4.69) is 0 Å². The molecule has 0 aromatic heterocycles. The molecule has 4 nitrogen and oxygen atoms in total. The van der Waals surface area contributed by atoms with Gasteiger partial charge in [0.05, 0.1) is 4.90 Å². The largest absolute Gasteiger partial charge is 0.298 e. The summed E-state index contributed by atoms with van der Waals surface area (Å²) in [5.41, 5.74) is 2.35. The fourth-order valence-electron chi connectivity index (χ4n) is 3.11. The number of hydrogen-bond acceptors (Lipinski definition) is 4. The molecule has 164 valence electrons. The van der Waals surface area contributed by atoms with Crippen LogP contribution in [-0.4, -0.2) is 25.7 Å². The highest BCUT2D eigenvalue weighted by Gasteiger charge is 2.21. The molecule has 3 rings (SSSR count). The first-order chi connectivity index (χ1) is 15.2. The van der Waals surface area contributed by atoms with Gasteiger partial charge in [-0.15, -0.1) is 0 Å². The van der Waals surface area contributed by atoms with Crippen LogP contribution in [0.15, 0.2) is 77.7 Å². The first-order valence-corrected chi connectivity index (χ1v) is 12.1. The minimum Gasteiger partial charge on any atom is -0.298 e. The highest BCUT2D eigenvalue weighted by Crippen LogP contribution is 2.22. The fraction of sp³-hybridized carbons (Fsp3) is 0.120. The van der Waals surface area contributed by atoms with Crippen LogP contribution in [0.4, 0.5) is 0 Å². The van der Waals surface area contributed by atoms with Crippen LogP contribution in [0.5, 0.6) is 0 Å². The highest BCUT2D eigenvalue weighted by atomic mass is 35.5. The lowest BCUT2D eigenvalue weighted by Gasteiger charge is -2.08. The third-order valence-electron chi connectivity index (χ3n) is 4.78. The van der Waals surface area contributed by atoms with Crippen molar-refractivity contribution in [3.8, 4) is 0 Å². The summed E-state index contributed by atoms with van der Waals surface area (Å²) < 4.78 is 25.1. The topological polar surface area (TPSA) is 68.3 Å². The zero-order valence-corrected chi connectivity index (χ0v) is 19.5. The van der Waals surface area contributed by atoms with Crippen molar-refractivity contribution >= 4 is 50.7 Å². The molecule has 0 N–H and O–H groups in total. The van der Waals surface area contributed by atoms with Gasteiger partial charge < -0.3 is 0 Å². The van der Waals surface area contributed by atoms with Crippen molar-refractivity contribution in [2.24, 2.45) is 0 Å². The lowest BCUT2D eigenvalue weighted by atomic mass is 9.99. The predicted octanol–water partition coefficient (Wildman–Crippen LogP) is 5.78. The molecule has 0 saturated carbocycles. The van der Waals surface area contributed by atoms with Crippen LogP contribution in [0, 0.1) is 6.92 Å². The molecule has 0 saturated heterocycles. The quantitative estimate of drug-likeness (QED) is 0.298. The summed E-state index contributed by atoms with van der Waals surface area (Å²) in [4.78, 5) is 25.4. The number of carbonyl (C=O) groups excluding carboxylic acids is 2. The van der Waals surface area contributed by atoms with E-state index >= 15 is 0 Å². The van der Waals surface area contributed by atoms with Crippen LogP contribution >= 0.6 is 23.2 Å². The number of allylic oxidation sites excluding steroid dienone is 1. The zero-order chi connectivity index (χ0) is 23.3. The van der Waals surface area contributed by atoms with E-state index in [4.69, 9.17) is 23.2 Å². The van der Waals surface area contributed by atoms with Crippen LogP contribution in [0.3, 0.4) is 0 Å². The van der Waals surface area contributed by atoms with Gasteiger partial charge in [0.2, 0.25) is 0 Å². The maximum atomic E-state index is 12.8. The van der Waals surface area contributed by atoms with E-state index in [1.165, 1.54) is 18.2 Å². The van der Waals surface area contributed by atoms with Gasteiger partial charge in [0, 0.05) is 22.0 Å². The van der Waals surface area contributed by atoms with Crippen LogP contribution in [0.25, 0.3) is 6.08 Å². The number of aryl methyl sites for hydroxylation is 1. The smallest absolute Gasteiger partial charge is 0.186 e. The van der Waals surface area contributed by atoms with E-state index in [9.17, 15) is 18.0 Å². The summed E-state index contributed by atoms with van der Waals surface area (Å²) in [6.45, 7) is 1.85. The van der Waals surface area contributed by atoms with Crippen molar-refractivity contribution < 1.29 is 18.0 Å². The van der Waals surface area contributed by atoms with Crippen LogP contribution < -0.4 is 0 Å². The number of ketones is 2. The number of rotatable bonds is 8. The number of hydrogen-bond donors (Lipinski definition) is 0. The maximum absolute atomic E-state index is 12.8. The molecule has 3 aromatic carbocycles. The van der Waals surface area contributed by atoms with Gasteiger partial charge in [-0.25, -0.2) is 8.42 Å². The van der Waals surface area contributed by atoms with Crippen molar-refractivity contribution in [3.05, 3.63) is 105 Å². The highest BCUT2D eigenvalue weighted by molar-refractivity contribution is 7.92. The number of carbonyl (C=O) groups is 2. The summed E-state index contributed by atoms with van der Waals surface area (Å²) in [5, 5.41) is 0.897. The molecule has 0 unspecified atom stereocenters. The summed E-state index contributed by atoms with van der Waals surface area (Å²) in [6, 6.07) is 17.9. The predicted molar refractivity (Wildman–Crippen MR) is 128 cm³/mol. The molecule has 7 heteroatoms. The monoisotopic (exact) mass is 486 g/mol. The van der Waals surface area contributed by atoms with Gasteiger partial charge in [0.15, 0.2) is 21.4 Å². The van der Waals surface area contributed by atoms with Gasteiger partial charge in [-0.1, -0.05) is 71.2 Å². The second-order valence-corrected chi connectivity index (χ2v) is 10.1. The molecule has 0 atom stereocenters. The Morgan fingerprint density at radius 3 is 2.31 bits per heavy atom. The summed E-state index contributed by atoms with van der Waals surface area (Å²) in [6.07, 6.45) is 2.77. The molecule has 0 spiro atoms. The molecular formula is C25H20Cl2O4S. The number of Topliss-reactive ketones (excluding diaryl/α,β-unsaturated/α-hetero) is 1. The summed E-state index contributed by atoms with van der Waals surface area (Å²) in [5.74, 6) is -1.44. The Morgan fingerprint density at radius 1 is 0.938 bits per heavy atom. The zero-order valence-electron chi connectivity index (χ0n) is 17.2. The van der Waals surface area contributed by atoms with Gasteiger partial charge in [-0.3, -0.25) is 9.59 Å². The Morgan fingerprint density at radius 2 is 1.62 bits per heavy atom. The van der Waals surface area contributed by atoms with E-state index in [-0.39, 0.29) is 17.1 Å². The summed E-state index contributed by atoms with van der Waals surface area (Å²) in [7, 11) is -3.76. The van der Waals surface area contributed by atoms with Gasteiger partial charge in [0.25, 0.3) is 0 Å². The molecule has 0 aliphatic rings. The molecule has 0 amide bonds. The van der Waals surface area contributed by atoms with Crippen molar-refractivity contribution in [2.75, 3.05) is 5.75 Å². The first-order valence-electron chi connectivity index (χ1n) is 9.72. The van der Waals surface area contributed by atoms with Crippen molar-refractivity contribution in [2.45, 2.75) is 18.2 Å². The Kier molecular flexibility index (Phi) is 7.67. The first kappa shape index (κ1) is 23.9. The molecular weight excluding hydrogens is 467 g/mol. The van der Waals surface area contributed by atoms with Gasteiger partial charge >= 0.3 is 0 Å². The Labute approximate surface area is 197 Å². The number of halogens is 2. The number of benzene rings is 3. The molecule has 32 heavy (non-hydrogen) atoms. The van der Waals surface area contributed by atoms with Crippen LogP contribution in [0.1, 0.15) is 27.0 Å². The van der Waals surface area contributed by atoms with E-state index in [0.29, 0.717) is 26.7 Å².